The van der Waals surface area contributed by atoms with Gasteiger partial charge in [0.05, 0.1) is 5.02 Å². The lowest BCUT2D eigenvalue weighted by Crippen LogP contribution is -2.19. The van der Waals surface area contributed by atoms with Crippen molar-refractivity contribution in [3.63, 3.8) is 0 Å². The molecular weight excluding hydrogens is 291 g/mol. The van der Waals surface area contributed by atoms with E-state index in [0.717, 1.165) is 31.5 Å². The summed E-state index contributed by atoms with van der Waals surface area (Å²) in [5.74, 6) is 6.82. The van der Waals surface area contributed by atoms with Crippen molar-refractivity contribution in [3.05, 3.63) is 34.9 Å². The zero-order chi connectivity index (χ0) is 15.0. The molecule has 2 aromatic rings. The van der Waals surface area contributed by atoms with Crippen LogP contribution in [0.3, 0.4) is 0 Å². The molecule has 4 N–H and O–H groups in total. The molecule has 4 nitrogen and oxygen atoms in total. The minimum Gasteiger partial charge on any atom is -0.382 e. The molecule has 1 heterocycles. The lowest BCUT2D eigenvalue weighted by Gasteiger charge is -2.20. The fraction of sp³-hybridized carbons (Fsp3) is 0.400. The fourth-order valence-electron chi connectivity index (χ4n) is 3.00. The van der Waals surface area contributed by atoms with Gasteiger partial charge in [-0.15, -0.1) is 0 Å². The normalized spacial score (nSPS) is 16.3. The summed E-state index contributed by atoms with van der Waals surface area (Å²) in [6.45, 7) is 0. The topological polar surface area (TPSA) is 69.9 Å². The monoisotopic (exact) mass is 308 g/mol. The SMILES string of the molecule is Nc1c(-c2cccc(Cl)c2F)nc(C2CCCCC2)n1N. The Morgan fingerprint density at radius 2 is 1.95 bits per heavy atom. The van der Waals surface area contributed by atoms with E-state index in [-0.39, 0.29) is 10.8 Å². The summed E-state index contributed by atoms with van der Waals surface area (Å²) in [6.07, 6.45) is 5.67. The number of anilines is 1. The molecule has 1 aliphatic carbocycles. The van der Waals surface area contributed by atoms with Crippen LogP contribution >= 0.6 is 11.6 Å². The van der Waals surface area contributed by atoms with Gasteiger partial charge in [-0.1, -0.05) is 36.9 Å². The smallest absolute Gasteiger partial charge is 0.151 e. The second kappa shape index (κ2) is 5.56. The van der Waals surface area contributed by atoms with Gasteiger partial charge >= 0.3 is 0 Å². The van der Waals surface area contributed by atoms with Gasteiger partial charge in [0.15, 0.2) is 11.6 Å². The minimum absolute atomic E-state index is 0.0534. The second-order valence-corrected chi connectivity index (χ2v) is 5.92. The molecule has 6 heteroatoms. The predicted molar refractivity (Wildman–Crippen MR) is 83.0 cm³/mol. The van der Waals surface area contributed by atoms with Gasteiger partial charge in [-0.25, -0.2) is 14.1 Å². The van der Waals surface area contributed by atoms with Crippen molar-refractivity contribution in [2.75, 3.05) is 11.6 Å². The van der Waals surface area contributed by atoms with E-state index in [0.29, 0.717) is 17.2 Å². The second-order valence-electron chi connectivity index (χ2n) is 5.51. The number of hydrogen-bond donors (Lipinski definition) is 2. The summed E-state index contributed by atoms with van der Waals surface area (Å²) in [5, 5.41) is 0.0534. The van der Waals surface area contributed by atoms with Crippen molar-refractivity contribution >= 4 is 17.4 Å². The average molecular weight is 309 g/mol. The maximum Gasteiger partial charge on any atom is 0.151 e. The van der Waals surface area contributed by atoms with Crippen LogP contribution in [0.1, 0.15) is 43.8 Å². The number of benzene rings is 1. The first-order chi connectivity index (χ1) is 10.1. The van der Waals surface area contributed by atoms with Crippen LogP contribution in [0, 0.1) is 5.82 Å². The Bertz CT molecular complexity index is 662. The Morgan fingerprint density at radius 1 is 1.24 bits per heavy atom. The lowest BCUT2D eigenvalue weighted by molar-refractivity contribution is 0.424. The van der Waals surface area contributed by atoms with Gasteiger partial charge < -0.3 is 11.6 Å². The first-order valence-corrected chi connectivity index (χ1v) is 7.55. The van der Waals surface area contributed by atoms with E-state index in [1.807, 2.05) is 0 Å². The predicted octanol–water partition coefficient (Wildman–Crippen LogP) is 3.69. The number of aromatic nitrogens is 2. The summed E-state index contributed by atoms with van der Waals surface area (Å²) < 4.78 is 15.6. The van der Waals surface area contributed by atoms with Crippen molar-refractivity contribution in [1.29, 1.82) is 0 Å². The highest BCUT2D eigenvalue weighted by atomic mass is 35.5. The van der Waals surface area contributed by atoms with Crippen molar-refractivity contribution < 1.29 is 4.39 Å². The van der Waals surface area contributed by atoms with Gasteiger partial charge in [0.1, 0.15) is 11.5 Å². The van der Waals surface area contributed by atoms with Gasteiger partial charge in [-0.2, -0.15) is 0 Å². The maximum atomic E-state index is 14.2. The number of hydrogen-bond acceptors (Lipinski definition) is 3. The Balaban J connectivity index is 2.06. The van der Waals surface area contributed by atoms with Crippen LogP contribution in [-0.4, -0.2) is 9.66 Å². The molecule has 1 aromatic carbocycles. The highest BCUT2D eigenvalue weighted by molar-refractivity contribution is 6.31. The van der Waals surface area contributed by atoms with E-state index in [4.69, 9.17) is 23.2 Å². The van der Waals surface area contributed by atoms with Gasteiger partial charge in [-0.05, 0) is 25.0 Å². The molecule has 0 unspecified atom stereocenters. The number of nitrogen functional groups attached to an aromatic ring is 2. The molecule has 3 rings (SSSR count). The van der Waals surface area contributed by atoms with Gasteiger partial charge in [0, 0.05) is 11.5 Å². The van der Waals surface area contributed by atoms with Crippen molar-refractivity contribution in [3.8, 4) is 11.3 Å². The van der Waals surface area contributed by atoms with Crippen molar-refractivity contribution in [2.24, 2.45) is 0 Å². The zero-order valence-corrected chi connectivity index (χ0v) is 12.4. The quantitative estimate of drug-likeness (QED) is 0.831. The van der Waals surface area contributed by atoms with E-state index in [9.17, 15) is 4.39 Å². The standard InChI is InChI=1S/C15H18ClFN4/c16-11-8-4-7-10(12(11)17)13-14(18)21(19)15(20-13)9-5-2-1-3-6-9/h4,7-9H,1-3,5-6,18-19H2. The molecule has 112 valence electrons. The molecule has 0 atom stereocenters. The van der Waals surface area contributed by atoms with Gasteiger partial charge in [-0.3, -0.25) is 0 Å². The summed E-state index contributed by atoms with van der Waals surface area (Å²) in [4.78, 5) is 4.52. The molecule has 0 saturated heterocycles. The Morgan fingerprint density at radius 3 is 2.67 bits per heavy atom. The van der Waals surface area contributed by atoms with Crippen LogP contribution in [0.5, 0.6) is 0 Å². The largest absolute Gasteiger partial charge is 0.382 e. The third-order valence-electron chi connectivity index (χ3n) is 4.15. The van der Waals surface area contributed by atoms with E-state index < -0.39 is 5.82 Å². The molecule has 0 aliphatic heterocycles. The summed E-state index contributed by atoms with van der Waals surface area (Å²) in [7, 11) is 0. The van der Waals surface area contributed by atoms with Crippen molar-refractivity contribution in [2.45, 2.75) is 38.0 Å². The van der Waals surface area contributed by atoms with Gasteiger partial charge in [0.25, 0.3) is 0 Å². The third-order valence-corrected chi connectivity index (χ3v) is 4.44. The molecule has 1 fully saturated rings. The summed E-state index contributed by atoms with van der Waals surface area (Å²) >= 11 is 5.83. The molecular formula is C15H18ClFN4. The Kier molecular flexibility index (Phi) is 3.76. The third kappa shape index (κ3) is 2.46. The highest BCUT2D eigenvalue weighted by Gasteiger charge is 2.25. The number of rotatable bonds is 2. The molecule has 1 aromatic heterocycles. The number of imidazole rings is 1. The maximum absolute atomic E-state index is 14.2. The Hall–Kier alpha value is -1.75. The van der Waals surface area contributed by atoms with Crippen LogP contribution in [0.2, 0.25) is 5.02 Å². The van der Waals surface area contributed by atoms with E-state index in [1.54, 1.807) is 12.1 Å². The van der Waals surface area contributed by atoms with Crippen molar-refractivity contribution in [1.82, 2.24) is 9.66 Å². The molecule has 0 spiro atoms. The summed E-state index contributed by atoms with van der Waals surface area (Å²) in [5.41, 5.74) is 6.69. The first-order valence-electron chi connectivity index (χ1n) is 7.17. The molecule has 0 radical (unpaired) electrons. The molecule has 0 amide bonds. The first kappa shape index (κ1) is 14.2. The number of halogens is 2. The van der Waals surface area contributed by atoms with Crippen LogP contribution in [0.15, 0.2) is 18.2 Å². The lowest BCUT2D eigenvalue weighted by atomic mass is 9.89. The van der Waals surface area contributed by atoms with Crippen LogP contribution < -0.4 is 11.6 Å². The van der Waals surface area contributed by atoms with Crippen LogP contribution in [-0.2, 0) is 0 Å². The van der Waals surface area contributed by atoms with E-state index in [1.165, 1.54) is 17.2 Å². The van der Waals surface area contributed by atoms with E-state index in [2.05, 4.69) is 4.98 Å². The van der Waals surface area contributed by atoms with Crippen LogP contribution in [0.25, 0.3) is 11.3 Å². The fourth-order valence-corrected chi connectivity index (χ4v) is 3.17. The Labute approximate surface area is 127 Å². The average Bonchev–Trinajstić information content (AvgIpc) is 2.79. The highest BCUT2D eigenvalue weighted by Crippen LogP contribution is 2.36. The zero-order valence-electron chi connectivity index (χ0n) is 11.6. The van der Waals surface area contributed by atoms with E-state index >= 15 is 0 Å². The molecule has 0 bridgehead atoms. The molecule has 1 aliphatic rings. The van der Waals surface area contributed by atoms with Crippen LogP contribution in [0.4, 0.5) is 10.2 Å². The summed E-state index contributed by atoms with van der Waals surface area (Å²) in [6, 6.07) is 4.79. The number of nitrogens with two attached hydrogens (primary N) is 2. The molecule has 1 saturated carbocycles. The molecule has 21 heavy (non-hydrogen) atoms. The number of nitrogens with zero attached hydrogens (tertiary/aromatic N) is 2. The minimum atomic E-state index is -0.515. The van der Waals surface area contributed by atoms with Gasteiger partial charge in [0.2, 0.25) is 0 Å².